The van der Waals surface area contributed by atoms with Crippen LogP contribution in [-0.2, 0) is 30.5 Å². The summed E-state index contributed by atoms with van der Waals surface area (Å²) in [6.45, 7) is 1.37. The number of H-pyrrole nitrogens is 1. The fourth-order valence-electron chi connectivity index (χ4n) is 6.07. The molecule has 2 aliphatic rings. The van der Waals surface area contributed by atoms with Crippen LogP contribution in [0.15, 0.2) is 105 Å². The minimum Gasteiger partial charge on any atom is -0.508 e. The van der Waals surface area contributed by atoms with E-state index in [1.165, 1.54) is 24.4 Å². The lowest BCUT2D eigenvalue weighted by Gasteiger charge is -2.16. The molecule has 2 amide bonds. The zero-order chi connectivity index (χ0) is 45.3. The maximum Gasteiger partial charge on any atom is 0.373 e. The first kappa shape index (κ1) is 45.4. The number of aromatic hydroxyl groups is 1. The van der Waals surface area contributed by atoms with Crippen LogP contribution < -0.4 is 43.3 Å². The van der Waals surface area contributed by atoms with Gasteiger partial charge in [-0.25, -0.2) is 9.97 Å². The van der Waals surface area contributed by atoms with Gasteiger partial charge < -0.3 is 41.8 Å². The van der Waals surface area contributed by atoms with E-state index in [-0.39, 0.29) is 58.8 Å². The second kappa shape index (κ2) is 22.1. The van der Waals surface area contributed by atoms with Crippen molar-refractivity contribution in [2.75, 3.05) is 36.0 Å². The summed E-state index contributed by atoms with van der Waals surface area (Å²) >= 11 is 5.44. The number of phenols is 1. The Hall–Kier alpha value is -8.64. The van der Waals surface area contributed by atoms with E-state index in [0.29, 0.717) is 60.3 Å². The second-order valence-electron chi connectivity index (χ2n) is 13.1. The largest absolute Gasteiger partial charge is 0.508 e. The van der Waals surface area contributed by atoms with Crippen LogP contribution in [0.1, 0.15) is 28.9 Å². The molecular formula is C42H36N10O10S. The van der Waals surface area contributed by atoms with E-state index < -0.39 is 5.56 Å². The summed E-state index contributed by atoms with van der Waals surface area (Å²) in [5.41, 5.74) is 10.6. The molecule has 3 aromatic carbocycles. The van der Waals surface area contributed by atoms with E-state index in [2.05, 4.69) is 46.5 Å². The van der Waals surface area contributed by atoms with Gasteiger partial charge in [-0.2, -0.15) is 24.2 Å². The summed E-state index contributed by atoms with van der Waals surface area (Å²) in [7, 11) is 0. The van der Waals surface area contributed by atoms with Crippen molar-refractivity contribution in [3.8, 4) is 28.2 Å². The zero-order valence-corrected chi connectivity index (χ0v) is 33.7. The van der Waals surface area contributed by atoms with Crippen LogP contribution in [0.5, 0.6) is 5.75 Å². The number of anilines is 3. The lowest BCUT2D eigenvalue weighted by atomic mass is 9.93. The van der Waals surface area contributed by atoms with Gasteiger partial charge in [0.1, 0.15) is 17.1 Å². The third kappa shape index (κ3) is 12.7. The van der Waals surface area contributed by atoms with Crippen molar-refractivity contribution in [3.05, 3.63) is 123 Å². The van der Waals surface area contributed by atoms with Crippen molar-refractivity contribution in [1.82, 2.24) is 35.9 Å². The molecule has 5 aromatic rings. The molecule has 63 heavy (non-hydrogen) atoms. The summed E-state index contributed by atoms with van der Waals surface area (Å²) in [5, 5.41) is 26.2. The SMILES string of the molecule is Nc1nc2ncc(CNc3ccc(C(=O)NCCCC(=O)NCCNC(=S)Nc4ccc(-c5c6ccc(=O)cc-6oc6cc(O)ccc56)cc4)cc3)nc2c(=O)[nH]1.O=C=O.O=C=O. The lowest BCUT2D eigenvalue weighted by Crippen LogP contribution is -2.36. The topological polar surface area (TPSA) is 311 Å². The average molecular weight is 873 g/mol. The number of rotatable bonds is 13. The molecule has 320 valence electrons. The molecule has 1 aliphatic carbocycles. The molecule has 7 rings (SSSR count). The number of nitrogen functional groups attached to an aromatic ring is 1. The Kier molecular flexibility index (Phi) is 15.9. The van der Waals surface area contributed by atoms with E-state index >= 15 is 0 Å². The van der Waals surface area contributed by atoms with Crippen molar-refractivity contribution in [3.63, 3.8) is 0 Å². The standard InChI is InChI=1S/C40H36N10O6S.2CO2/c41-39-49-36-35(38(55)50-39)47-26(21-46-36)20-45-24-7-5-23(6-8-24)37(54)43-15-1-2-33(53)42-16-17-44-40(57)48-25-9-3-22(4-10-25)34-29-13-11-27(51)18-31(29)56-32-19-28(52)12-14-30(32)34;2*2-1-3/h3-14,18-19,21,45,51H,1-2,15-17,20H2,(H,42,53)(H,43,54)(H2,44,48,57)(H3,41,46,49,50,55);;. The highest BCUT2D eigenvalue weighted by Crippen LogP contribution is 2.40. The van der Waals surface area contributed by atoms with Crippen LogP contribution in [0.2, 0.25) is 0 Å². The number of hydrogen-bond acceptors (Lipinski definition) is 16. The second-order valence-corrected chi connectivity index (χ2v) is 13.5. The molecule has 2 aromatic heterocycles. The van der Waals surface area contributed by atoms with Crippen LogP contribution >= 0.6 is 12.2 Å². The highest BCUT2D eigenvalue weighted by atomic mass is 32.1. The van der Waals surface area contributed by atoms with Crippen molar-refractivity contribution >= 4 is 80.9 Å². The van der Waals surface area contributed by atoms with Gasteiger partial charge in [-0.15, -0.1) is 0 Å². The average Bonchev–Trinajstić information content (AvgIpc) is 3.26. The first-order valence-corrected chi connectivity index (χ1v) is 19.1. The number of aromatic nitrogens is 4. The maximum absolute atomic E-state index is 12.6. The highest BCUT2D eigenvalue weighted by Gasteiger charge is 2.18. The number of nitrogens with zero attached hydrogens (tertiary/aromatic N) is 3. The van der Waals surface area contributed by atoms with E-state index in [0.717, 1.165) is 33.5 Å². The number of phenolic OH excluding ortho intramolecular Hbond substituents is 1. The predicted molar refractivity (Wildman–Crippen MR) is 231 cm³/mol. The minimum atomic E-state index is -0.469. The summed E-state index contributed by atoms with van der Waals surface area (Å²) in [6.07, 6.45) is 2.71. The number of aromatic amines is 1. The Balaban J connectivity index is 0.00000118. The molecule has 3 heterocycles. The summed E-state index contributed by atoms with van der Waals surface area (Å²) in [6, 6.07) is 24.1. The Morgan fingerprint density at radius 1 is 0.825 bits per heavy atom. The van der Waals surface area contributed by atoms with Crippen LogP contribution in [0, 0.1) is 0 Å². The molecule has 0 bridgehead atoms. The molecule has 0 saturated heterocycles. The van der Waals surface area contributed by atoms with Gasteiger partial charge in [0.15, 0.2) is 21.7 Å². The number of thiocarbonyl (C=S) groups is 1. The number of nitrogens with one attached hydrogen (secondary N) is 6. The number of carbonyl (C=O) groups is 2. The van der Waals surface area contributed by atoms with Gasteiger partial charge in [0.25, 0.3) is 11.5 Å². The van der Waals surface area contributed by atoms with E-state index in [1.807, 2.05) is 24.3 Å². The first-order chi connectivity index (χ1) is 30.4. The van der Waals surface area contributed by atoms with Crippen molar-refractivity contribution < 1.29 is 38.3 Å². The first-order valence-electron chi connectivity index (χ1n) is 18.7. The molecule has 0 fully saturated rings. The molecule has 0 unspecified atom stereocenters. The number of nitrogens with two attached hydrogens (primary N) is 1. The van der Waals surface area contributed by atoms with Gasteiger partial charge in [-0.1, -0.05) is 12.1 Å². The third-order valence-corrected chi connectivity index (χ3v) is 9.06. The van der Waals surface area contributed by atoms with Gasteiger partial charge >= 0.3 is 12.3 Å². The highest BCUT2D eigenvalue weighted by molar-refractivity contribution is 7.80. The minimum absolute atomic E-state index is 0.0299. The fraction of sp³-hybridized carbons (Fsp3) is 0.143. The Morgan fingerprint density at radius 2 is 1.52 bits per heavy atom. The molecule has 1 aliphatic heterocycles. The number of carbonyl (C=O) groups excluding carboxylic acids is 6. The van der Waals surface area contributed by atoms with Gasteiger partial charge in [-0.3, -0.25) is 24.2 Å². The Morgan fingerprint density at radius 3 is 2.25 bits per heavy atom. The molecule has 21 heteroatoms. The number of hydrogen-bond donors (Lipinski definition) is 8. The van der Waals surface area contributed by atoms with Gasteiger partial charge in [0.05, 0.1) is 18.4 Å². The smallest absolute Gasteiger partial charge is 0.373 e. The molecule has 0 radical (unpaired) electrons. The zero-order valence-electron chi connectivity index (χ0n) is 32.9. The van der Waals surface area contributed by atoms with Crippen molar-refractivity contribution in [1.29, 1.82) is 0 Å². The van der Waals surface area contributed by atoms with Crippen LogP contribution in [0.25, 0.3) is 44.6 Å². The van der Waals surface area contributed by atoms with Gasteiger partial charge in [-0.05, 0) is 84.9 Å². The lowest BCUT2D eigenvalue weighted by molar-refractivity contribution is -0.193. The molecular weight excluding hydrogens is 837 g/mol. The summed E-state index contributed by atoms with van der Waals surface area (Å²) in [4.78, 5) is 96.4. The monoisotopic (exact) mass is 872 g/mol. The number of amides is 2. The fourth-order valence-corrected chi connectivity index (χ4v) is 6.29. The third-order valence-electron chi connectivity index (χ3n) is 8.81. The number of benzene rings is 4. The Bertz CT molecular complexity index is 2900. The molecule has 20 nitrogen and oxygen atoms in total. The van der Waals surface area contributed by atoms with E-state index in [1.54, 1.807) is 42.5 Å². The van der Waals surface area contributed by atoms with Gasteiger partial charge in [0, 0.05) is 71.6 Å². The molecule has 9 N–H and O–H groups in total. The molecule has 0 saturated carbocycles. The normalized spacial score (nSPS) is 10.2. The quantitative estimate of drug-likeness (QED) is 0.0469. The molecule has 0 spiro atoms. The maximum atomic E-state index is 12.6. The van der Waals surface area contributed by atoms with E-state index in [9.17, 15) is 24.3 Å². The summed E-state index contributed by atoms with van der Waals surface area (Å²) in [5.74, 6) is 0.0512. The van der Waals surface area contributed by atoms with Crippen molar-refractivity contribution in [2.45, 2.75) is 19.4 Å². The Labute approximate surface area is 360 Å². The van der Waals surface area contributed by atoms with Crippen molar-refractivity contribution in [2.24, 2.45) is 0 Å². The van der Waals surface area contributed by atoms with Crippen LogP contribution in [0.3, 0.4) is 0 Å². The predicted octanol–water partition coefficient (Wildman–Crippen LogP) is 2.94. The van der Waals surface area contributed by atoms with Gasteiger partial charge in [0.2, 0.25) is 11.9 Å². The van der Waals surface area contributed by atoms with Crippen LogP contribution in [-0.4, -0.2) is 73.9 Å². The molecule has 0 atom stereocenters. The summed E-state index contributed by atoms with van der Waals surface area (Å²) < 4.78 is 5.93. The van der Waals surface area contributed by atoms with E-state index in [4.69, 9.17) is 41.5 Å². The van der Waals surface area contributed by atoms with Crippen LogP contribution in [0.4, 0.5) is 17.3 Å². The number of fused-ring (bicyclic) bond motifs is 3.